The first kappa shape index (κ1) is 16.8. The van der Waals surface area contributed by atoms with Crippen molar-refractivity contribution in [2.75, 3.05) is 7.11 Å². The average Bonchev–Trinajstić information content (AvgIpc) is 2.59. The van der Waals surface area contributed by atoms with Gasteiger partial charge in [0, 0.05) is 10.9 Å². The van der Waals surface area contributed by atoms with Gasteiger partial charge in [-0.2, -0.15) is 13.2 Å². The normalized spacial score (nSPS) is 11.5. The second-order valence-electron chi connectivity index (χ2n) is 5.26. The minimum absolute atomic E-state index is 0.0377. The molecular formula is C18H12F3NO3. The summed E-state index contributed by atoms with van der Waals surface area (Å²) < 4.78 is 45.4. The third kappa shape index (κ3) is 3.00. The van der Waals surface area contributed by atoms with Crippen LogP contribution in [0.2, 0.25) is 0 Å². The minimum Gasteiger partial charge on any atom is -0.497 e. The van der Waals surface area contributed by atoms with E-state index in [2.05, 4.69) is 4.98 Å². The van der Waals surface area contributed by atoms with Gasteiger partial charge in [0.1, 0.15) is 5.75 Å². The molecule has 128 valence electrons. The number of rotatable bonds is 3. The van der Waals surface area contributed by atoms with Crippen LogP contribution >= 0.6 is 0 Å². The number of methoxy groups -OCH3 is 1. The Morgan fingerprint density at radius 1 is 1.12 bits per heavy atom. The Bertz CT molecular complexity index is 953. The number of hydrogen-bond acceptors (Lipinski definition) is 3. The third-order valence-electron chi connectivity index (χ3n) is 3.74. The molecule has 0 aliphatic carbocycles. The van der Waals surface area contributed by atoms with E-state index in [9.17, 15) is 23.1 Å². The van der Waals surface area contributed by atoms with Crippen molar-refractivity contribution in [1.82, 2.24) is 4.98 Å². The number of fused-ring (bicyclic) bond motifs is 1. The molecule has 0 unspecified atom stereocenters. The summed E-state index contributed by atoms with van der Waals surface area (Å²) in [6.07, 6.45) is -4.90. The maximum absolute atomic E-state index is 13.4. The summed E-state index contributed by atoms with van der Waals surface area (Å²) in [4.78, 5) is 15.3. The third-order valence-corrected chi connectivity index (χ3v) is 3.74. The Morgan fingerprint density at radius 3 is 2.36 bits per heavy atom. The van der Waals surface area contributed by atoms with Gasteiger partial charge >= 0.3 is 12.1 Å². The molecule has 2 aromatic carbocycles. The van der Waals surface area contributed by atoms with Crippen molar-refractivity contribution in [2.24, 2.45) is 0 Å². The zero-order chi connectivity index (χ0) is 18.2. The molecule has 1 heterocycles. The van der Waals surface area contributed by atoms with Gasteiger partial charge in [-0.3, -0.25) is 0 Å². The Balaban J connectivity index is 2.53. The number of aromatic nitrogens is 1. The van der Waals surface area contributed by atoms with Gasteiger partial charge in [-0.1, -0.05) is 30.3 Å². The van der Waals surface area contributed by atoms with E-state index in [1.54, 1.807) is 30.3 Å². The van der Waals surface area contributed by atoms with Gasteiger partial charge in [0.2, 0.25) is 0 Å². The van der Waals surface area contributed by atoms with Crippen LogP contribution in [0.1, 0.15) is 16.1 Å². The first-order chi connectivity index (χ1) is 11.8. The molecule has 0 radical (unpaired) electrons. The maximum atomic E-state index is 13.4. The van der Waals surface area contributed by atoms with Crippen LogP contribution in [-0.4, -0.2) is 23.2 Å². The van der Waals surface area contributed by atoms with Gasteiger partial charge in [0.05, 0.1) is 18.2 Å². The summed E-state index contributed by atoms with van der Waals surface area (Å²) in [5.74, 6) is -1.30. The van der Waals surface area contributed by atoms with Gasteiger partial charge in [0.15, 0.2) is 5.69 Å². The molecule has 7 heteroatoms. The molecule has 1 aromatic heterocycles. The molecule has 3 rings (SSSR count). The van der Waals surface area contributed by atoms with Crippen LogP contribution in [0, 0.1) is 0 Å². The average molecular weight is 347 g/mol. The smallest absolute Gasteiger partial charge is 0.434 e. The van der Waals surface area contributed by atoms with E-state index in [0.29, 0.717) is 11.3 Å². The van der Waals surface area contributed by atoms with E-state index in [0.717, 1.165) is 0 Å². The zero-order valence-corrected chi connectivity index (χ0v) is 13.0. The van der Waals surface area contributed by atoms with Crippen LogP contribution in [0.25, 0.3) is 22.0 Å². The van der Waals surface area contributed by atoms with Crippen molar-refractivity contribution in [3.05, 3.63) is 59.8 Å². The number of carboxylic acid groups (broad SMARTS) is 1. The van der Waals surface area contributed by atoms with E-state index in [1.165, 1.54) is 25.3 Å². The number of alkyl halides is 3. The highest BCUT2D eigenvalue weighted by Gasteiger charge is 2.39. The monoisotopic (exact) mass is 347 g/mol. The molecule has 0 saturated heterocycles. The number of halogens is 3. The molecule has 0 aliphatic heterocycles. The molecule has 0 spiro atoms. The van der Waals surface area contributed by atoms with Crippen LogP contribution in [0.15, 0.2) is 48.5 Å². The number of hydrogen-bond donors (Lipinski definition) is 1. The summed E-state index contributed by atoms with van der Waals surface area (Å²) >= 11 is 0. The van der Waals surface area contributed by atoms with E-state index < -0.39 is 23.4 Å². The van der Waals surface area contributed by atoms with Crippen molar-refractivity contribution in [1.29, 1.82) is 0 Å². The fourth-order valence-corrected chi connectivity index (χ4v) is 2.69. The van der Waals surface area contributed by atoms with Gasteiger partial charge in [-0.15, -0.1) is 0 Å². The second-order valence-corrected chi connectivity index (χ2v) is 5.26. The second kappa shape index (κ2) is 6.08. The van der Waals surface area contributed by atoms with Crippen molar-refractivity contribution in [3.63, 3.8) is 0 Å². The number of nitrogens with zero attached hydrogens (tertiary/aromatic N) is 1. The summed E-state index contributed by atoms with van der Waals surface area (Å²) in [6.45, 7) is 0. The van der Waals surface area contributed by atoms with Gasteiger partial charge in [-0.05, 0) is 23.8 Å². The fourth-order valence-electron chi connectivity index (χ4n) is 2.69. The van der Waals surface area contributed by atoms with Gasteiger partial charge in [0.25, 0.3) is 0 Å². The molecule has 4 nitrogen and oxygen atoms in total. The summed E-state index contributed by atoms with van der Waals surface area (Å²) in [7, 11) is 1.42. The number of aromatic carboxylic acids is 1. The lowest BCUT2D eigenvalue weighted by molar-refractivity contribution is -0.141. The van der Waals surface area contributed by atoms with Crippen LogP contribution in [0.5, 0.6) is 5.75 Å². The highest BCUT2D eigenvalue weighted by Crippen LogP contribution is 2.40. The molecule has 3 aromatic rings. The Hall–Kier alpha value is -3.09. The molecule has 25 heavy (non-hydrogen) atoms. The SMILES string of the molecule is COc1ccc2nc(C(F)(F)F)c(C(=O)O)c(-c3ccccc3)c2c1. The largest absolute Gasteiger partial charge is 0.497 e. The highest BCUT2D eigenvalue weighted by molar-refractivity contribution is 6.07. The van der Waals surface area contributed by atoms with Crippen molar-refractivity contribution >= 4 is 16.9 Å². The lowest BCUT2D eigenvalue weighted by atomic mass is 9.93. The van der Waals surface area contributed by atoms with Crippen LogP contribution < -0.4 is 4.74 Å². The summed E-state index contributed by atoms with van der Waals surface area (Å²) in [5.41, 5.74) is -1.94. The lowest BCUT2D eigenvalue weighted by Gasteiger charge is -2.17. The highest BCUT2D eigenvalue weighted by atomic mass is 19.4. The molecule has 0 saturated carbocycles. The number of ether oxygens (including phenoxy) is 1. The van der Waals surface area contributed by atoms with E-state index >= 15 is 0 Å². The zero-order valence-electron chi connectivity index (χ0n) is 13.0. The quantitative estimate of drug-likeness (QED) is 0.751. The molecule has 0 atom stereocenters. The number of carboxylic acids is 1. The molecule has 0 aliphatic rings. The summed E-state index contributed by atoms with van der Waals surface area (Å²) in [5, 5.41) is 9.76. The van der Waals surface area contributed by atoms with Gasteiger partial charge < -0.3 is 9.84 Å². The van der Waals surface area contributed by atoms with Crippen LogP contribution in [-0.2, 0) is 6.18 Å². The predicted octanol–water partition coefficient (Wildman–Crippen LogP) is 4.63. The first-order valence-corrected chi connectivity index (χ1v) is 7.20. The predicted molar refractivity (Wildman–Crippen MR) is 85.7 cm³/mol. The summed E-state index contributed by atoms with van der Waals surface area (Å²) in [6, 6.07) is 12.4. The van der Waals surface area contributed by atoms with Crippen molar-refractivity contribution in [3.8, 4) is 16.9 Å². The number of carbonyl (C=O) groups is 1. The Kier molecular flexibility index (Phi) is 4.08. The minimum atomic E-state index is -4.90. The Labute approximate surface area is 140 Å². The molecule has 0 amide bonds. The fraction of sp³-hybridized carbons (Fsp3) is 0.111. The van der Waals surface area contributed by atoms with Crippen molar-refractivity contribution in [2.45, 2.75) is 6.18 Å². The number of pyridine rings is 1. The molecule has 0 bridgehead atoms. The first-order valence-electron chi connectivity index (χ1n) is 7.20. The molecule has 1 N–H and O–H groups in total. The molecule has 0 fully saturated rings. The molecular weight excluding hydrogens is 335 g/mol. The maximum Gasteiger partial charge on any atom is 0.434 e. The Morgan fingerprint density at radius 2 is 1.80 bits per heavy atom. The standard InChI is InChI=1S/C18H12F3NO3/c1-25-11-7-8-13-12(9-11)14(10-5-3-2-4-6-10)15(17(23)24)16(22-13)18(19,20)21/h2-9H,1H3,(H,23,24). The van der Waals surface area contributed by atoms with E-state index in [4.69, 9.17) is 4.74 Å². The van der Waals surface area contributed by atoms with Crippen LogP contribution in [0.3, 0.4) is 0 Å². The lowest BCUT2D eigenvalue weighted by Crippen LogP contribution is -2.17. The number of benzene rings is 2. The van der Waals surface area contributed by atoms with E-state index in [-0.39, 0.29) is 16.5 Å². The van der Waals surface area contributed by atoms with E-state index in [1.807, 2.05) is 0 Å². The van der Waals surface area contributed by atoms with Gasteiger partial charge in [-0.25, -0.2) is 9.78 Å². The van der Waals surface area contributed by atoms with Crippen LogP contribution in [0.4, 0.5) is 13.2 Å². The van der Waals surface area contributed by atoms with Crippen molar-refractivity contribution < 1.29 is 27.8 Å². The topological polar surface area (TPSA) is 59.4 Å².